The lowest BCUT2D eigenvalue weighted by molar-refractivity contribution is 0.177. The number of hydrogen-bond acceptors (Lipinski definition) is 2. The molecule has 25 heavy (non-hydrogen) atoms. The van der Waals surface area contributed by atoms with Crippen LogP contribution in [0.1, 0.15) is 83.6 Å². The molecule has 1 aromatic rings. The van der Waals surface area contributed by atoms with Gasteiger partial charge in [-0.1, -0.05) is 58.8 Å². The zero-order valence-corrected chi connectivity index (χ0v) is 16.8. The van der Waals surface area contributed by atoms with Gasteiger partial charge >= 0.3 is 0 Å². The summed E-state index contributed by atoms with van der Waals surface area (Å²) in [5, 5.41) is 3.49. The first-order valence-electron chi connectivity index (χ1n) is 10.7. The fraction of sp³-hybridized carbons (Fsp3) is 0.739. The van der Waals surface area contributed by atoms with Crippen LogP contribution in [-0.2, 0) is 0 Å². The molecule has 2 nitrogen and oxygen atoms in total. The van der Waals surface area contributed by atoms with Crippen LogP contribution in [0.5, 0.6) is 5.75 Å². The number of hydrogen-bond donors (Lipinski definition) is 1. The van der Waals surface area contributed by atoms with Crippen molar-refractivity contribution in [3.05, 3.63) is 23.8 Å². The topological polar surface area (TPSA) is 21.3 Å². The Morgan fingerprint density at radius 1 is 0.960 bits per heavy atom. The molecule has 1 aliphatic rings. The molecular formula is C23H39NO. The van der Waals surface area contributed by atoms with Crippen molar-refractivity contribution in [3.63, 3.8) is 0 Å². The summed E-state index contributed by atoms with van der Waals surface area (Å²) in [6.45, 7) is 8.63. The molecule has 0 aliphatic heterocycles. The minimum atomic E-state index is 0.754. The van der Waals surface area contributed by atoms with Crippen molar-refractivity contribution in [1.82, 2.24) is 0 Å². The third-order valence-corrected chi connectivity index (χ3v) is 5.69. The van der Waals surface area contributed by atoms with E-state index in [1.54, 1.807) is 0 Å². The SMILES string of the molecule is CCCCCC1CCC(COc2ccc(NCCCC)cc2C)CC1. The van der Waals surface area contributed by atoms with Gasteiger partial charge in [0.15, 0.2) is 0 Å². The highest BCUT2D eigenvalue weighted by Crippen LogP contribution is 2.33. The van der Waals surface area contributed by atoms with E-state index >= 15 is 0 Å². The van der Waals surface area contributed by atoms with Gasteiger partial charge in [0.25, 0.3) is 0 Å². The Bertz CT molecular complexity index is 477. The molecule has 0 saturated heterocycles. The third kappa shape index (κ3) is 7.30. The average molecular weight is 346 g/mol. The number of nitrogens with one attached hydrogen (secondary N) is 1. The second kappa shape index (κ2) is 11.4. The highest BCUT2D eigenvalue weighted by molar-refractivity contribution is 5.50. The minimum Gasteiger partial charge on any atom is -0.493 e. The van der Waals surface area contributed by atoms with Gasteiger partial charge in [-0.15, -0.1) is 0 Å². The molecule has 142 valence electrons. The highest BCUT2D eigenvalue weighted by Gasteiger charge is 2.21. The van der Waals surface area contributed by atoms with E-state index in [-0.39, 0.29) is 0 Å². The van der Waals surface area contributed by atoms with E-state index < -0.39 is 0 Å². The predicted molar refractivity (Wildman–Crippen MR) is 110 cm³/mol. The molecule has 1 aliphatic carbocycles. The molecule has 2 heteroatoms. The summed E-state index contributed by atoms with van der Waals surface area (Å²) in [4.78, 5) is 0. The summed E-state index contributed by atoms with van der Waals surface area (Å²) in [6.07, 6.45) is 13.6. The smallest absolute Gasteiger partial charge is 0.122 e. The second-order valence-corrected chi connectivity index (χ2v) is 7.95. The van der Waals surface area contributed by atoms with Crippen molar-refractivity contribution >= 4 is 5.69 Å². The normalized spacial score (nSPS) is 20.4. The molecule has 0 spiro atoms. The fourth-order valence-electron chi connectivity index (χ4n) is 3.91. The molecule has 1 N–H and O–H groups in total. The maximum Gasteiger partial charge on any atom is 0.122 e. The van der Waals surface area contributed by atoms with E-state index in [1.807, 2.05) is 0 Å². The summed E-state index contributed by atoms with van der Waals surface area (Å²) < 4.78 is 6.16. The summed E-state index contributed by atoms with van der Waals surface area (Å²) in [5.74, 6) is 2.80. The van der Waals surface area contributed by atoms with E-state index in [0.29, 0.717) is 0 Å². The van der Waals surface area contributed by atoms with Crippen molar-refractivity contribution < 1.29 is 4.74 Å². The van der Waals surface area contributed by atoms with Crippen LogP contribution in [0.2, 0.25) is 0 Å². The van der Waals surface area contributed by atoms with Crippen molar-refractivity contribution in [2.24, 2.45) is 11.8 Å². The molecule has 1 fully saturated rings. The zero-order chi connectivity index (χ0) is 17.9. The third-order valence-electron chi connectivity index (χ3n) is 5.69. The van der Waals surface area contributed by atoms with Gasteiger partial charge in [0.05, 0.1) is 6.61 Å². The largest absolute Gasteiger partial charge is 0.493 e. The molecule has 0 unspecified atom stereocenters. The first-order chi connectivity index (χ1) is 12.2. The molecule has 2 rings (SSSR count). The Morgan fingerprint density at radius 3 is 2.36 bits per heavy atom. The summed E-state index contributed by atoms with van der Waals surface area (Å²) in [7, 11) is 0. The van der Waals surface area contributed by atoms with Crippen molar-refractivity contribution in [2.75, 3.05) is 18.5 Å². The molecule has 0 heterocycles. The van der Waals surface area contributed by atoms with Crippen molar-refractivity contribution in [2.45, 2.75) is 85.0 Å². The van der Waals surface area contributed by atoms with Gasteiger partial charge in [0.1, 0.15) is 5.75 Å². The lowest BCUT2D eigenvalue weighted by Gasteiger charge is -2.28. The first-order valence-corrected chi connectivity index (χ1v) is 10.7. The van der Waals surface area contributed by atoms with Gasteiger partial charge in [-0.25, -0.2) is 0 Å². The Labute approximate surface area is 155 Å². The molecular weight excluding hydrogens is 306 g/mol. The van der Waals surface area contributed by atoms with E-state index in [4.69, 9.17) is 4.74 Å². The van der Waals surface area contributed by atoms with Crippen LogP contribution < -0.4 is 10.1 Å². The fourth-order valence-corrected chi connectivity index (χ4v) is 3.91. The first kappa shape index (κ1) is 20.1. The minimum absolute atomic E-state index is 0.754. The number of rotatable bonds is 11. The van der Waals surface area contributed by atoms with Gasteiger partial charge in [-0.05, 0) is 61.8 Å². The van der Waals surface area contributed by atoms with Crippen LogP contribution in [0.15, 0.2) is 18.2 Å². The van der Waals surface area contributed by atoms with Crippen LogP contribution in [0.3, 0.4) is 0 Å². The van der Waals surface area contributed by atoms with E-state index in [1.165, 1.54) is 75.5 Å². The van der Waals surface area contributed by atoms with Gasteiger partial charge in [-0.3, -0.25) is 0 Å². The summed E-state index contributed by atoms with van der Waals surface area (Å²) in [6, 6.07) is 6.51. The van der Waals surface area contributed by atoms with Gasteiger partial charge in [-0.2, -0.15) is 0 Å². The Balaban J connectivity index is 1.69. The quantitative estimate of drug-likeness (QED) is 0.437. The number of unbranched alkanes of at least 4 members (excludes halogenated alkanes) is 3. The van der Waals surface area contributed by atoms with Gasteiger partial charge in [0, 0.05) is 12.2 Å². The lowest BCUT2D eigenvalue weighted by atomic mass is 9.80. The van der Waals surface area contributed by atoms with Crippen molar-refractivity contribution in [1.29, 1.82) is 0 Å². The Kier molecular flexibility index (Phi) is 9.21. The lowest BCUT2D eigenvalue weighted by Crippen LogP contribution is -2.20. The van der Waals surface area contributed by atoms with Crippen LogP contribution >= 0.6 is 0 Å². The van der Waals surface area contributed by atoms with E-state index in [9.17, 15) is 0 Å². The molecule has 0 radical (unpaired) electrons. The van der Waals surface area contributed by atoms with Crippen molar-refractivity contribution in [3.8, 4) is 5.75 Å². The Hall–Kier alpha value is -1.18. The van der Waals surface area contributed by atoms with Gasteiger partial charge in [0.2, 0.25) is 0 Å². The Morgan fingerprint density at radius 2 is 1.68 bits per heavy atom. The van der Waals surface area contributed by atoms with Gasteiger partial charge < -0.3 is 10.1 Å². The number of ether oxygens (including phenoxy) is 1. The van der Waals surface area contributed by atoms with E-state index in [2.05, 4.69) is 44.3 Å². The average Bonchev–Trinajstić information content (AvgIpc) is 2.62. The maximum absolute atomic E-state index is 6.16. The monoisotopic (exact) mass is 345 g/mol. The molecule has 0 aromatic heterocycles. The van der Waals surface area contributed by atoms with Crippen LogP contribution in [0, 0.1) is 18.8 Å². The predicted octanol–water partition coefficient (Wildman–Crippen LogP) is 6.97. The van der Waals surface area contributed by atoms with Crippen LogP contribution in [0.25, 0.3) is 0 Å². The summed E-state index contributed by atoms with van der Waals surface area (Å²) >= 11 is 0. The van der Waals surface area contributed by atoms with E-state index in [0.717, 1.165) is 30.7 Å². The molecule has 0 bridgehead atoms. The highest BCUT2D eigenvalue weighted by atomic mass is 16.5. The summed E-state index contributed by atoms with van der Waals surface area (Å²) in [5.41, 5.74) is 2.46. The zero-order valence-electron chi connectivity index (χ0n) is 16.8. The van der Waals surface area contributed by atoms with Crippen LogP contribution in [0.4, 0.5) is 5.69 Å². The molecule has 1 aromatic carbocycles. The second-order valence-electron chi connectivity index (χ2n) is 7.95. The maximum atomic E-state index is 6.16. The molecule has 1 saturated carbocycles. The number of anilines is 1. The molecule has 0 atom stereocenters. The number of benzene rings is 1. The standard InChI is InChI=1S/C23H39NO/c1-4-6-8-9-20-10-12-21(13-11-20)18-25-23-15-14-22(17-19(23)3)24-16-7-5-2/h14-15,17,20-21,24H,4-13,16,18H2,1-3H3. The van der Waals surface area contributed by atoms with Crippen LogP contribution in [-0.4, -0.2) is 13.2 Å². The molecule has 0 amide bonds. The number of aryl methyl sites for hydroxylation is 1.